The van der Waals surface area contributed by atoms with Crippen LogP contribution in [0.1, 0.15) is 16.2 Å². The van der Waals surface area contributed by atoms with E-state index in [2.05, 4.69) is 9.97 Å². The highest BCUT2D eigenvalue weighted by atomic mass is 16.2. The predicted octanol–water partition coefficient (Wildman–Crippen LogP) is 2.17. The van der Waals surface area contributed by atoms with Crippen LogP contribution in [0.15, 0.2) is 42.9 Å². The first-order chi connectivity index (χ1) is 9.66. The monoisotopic (exact) mass is 268 g/mol. The SMILES string of the molecule is CN(Cc1nccn1C)C(=O)c1cccc2cc[nH]c12. The number of imidazole rings is 1. The van der Waals surface area contributed by atoms with Crippen molar-refractivity contribution in [1.82, 2.24) is 19.4 Å². The average molecular weight is 268 g/mol. The molecule has 2 heterocycles. The molecule has 0 saturated carbocycles. The first-order valence-corrected chi connectivity index (χ1v) is 6.44. The van der Waals surface area contributed by atoms with E-state index in [1.165, 1.54) is 0 Å². The van der Waals surface area contributed by atoms with Gasteiger partial charge in [-0.15, -0.1) is 0 Å². The van der Waals surface area contributed by atoms with Crippen LogP contribution in [-0.4, -0.2) is 32.4 Å². The quantitative estimate of drug-likeness (QED) is 0.791. The molecule has 5 nitrogen and oxygen atoms in total. The summed E-state index contributed by atoms with van der Waals surface area (Å²) in [6.07, 6.45) is 5.46. The van der Waals surface area contributed by atoms with Gasteiger partial charge in [-0.2, -0.15) is 0 Å². The molecule has 1 N–H and O–H groups in total. The number of hydrogen-bond acceptors (Lipinski definition) is 2. The molecule has 0 spiro atoms. The molecule has 0 bridgehead atoms. The maximum absolute atomic E-state index is 12.6. The summed E-state index contributed by atoms with van der Waals surface area (Å²) in [7, 11) is 3.71. The largest absolute Gasteiger partial charge is 0.361 e. The number of fused-ring (bicyclic) bond motifs is 1. The van der Waals surface area contributed by atoms with E-state index in [-0.39, 0.29) is 5.91 Å². The second kappa shape index (κ2) is 4.85. The van der Waals surface area contributed by atoms with Crippen molar-refractivity contribution in [1.29, 1.82) is 0 Å². The fraction of sp³-hybridized carbons (Fsp3) is 0.200. The van der Waals surface area contributed by atoms with Gasteiger partial charge in [-0.3, -0.25) is 4.79 Å². The number of aryl methyl sites for hydroxylation is 1. The molecule has 3 aromatic rings. The first-order valence-electron chi connectivity index (χ1n) is 6.44. The molecule has 0 unspecified atom stereocenters. The highest BCUT2D eigenvalue weighted by molar-refractivity contribution is 6.05. The Morgan fingerprint density at radius 3 is 3.00 bits per heavy atom. The van der Waals surface area contributed by atoms with Crippen molar-refractivity contribution >= 4 is 16.8 Å². The first kappa shape index (κ1) is 12.5. The summed E-state index contributed by atoms with van der Waals surface area (Å²) < 4.78 is 1.92. The zero-order valence-electron chi connectivity index (χ0n) is 11.5. The molecular formula is C15H16N4O. The molecule has 0 atom stereocenters. The molecule has 0 saturated heterocycles. The van der Waals surface area contributed by atoms with Crippen LogP contribution < -0.4 is 0 Å². The van der Waals surface area contributed by atoms with E-state index in [1.807, 2.05) is 48.3 Å². The molecular weight excluding hydrogens is 252 g/mol. The molecule has 102 valence electrons. The lowest BCUT2D eigenvalue weighted by molar-refractivity contribution is 0.0782. The van der Waals surface area contributed by atoms with Crippen LogP contribution >= 0.6 is 0 Å². The Hall–Kier alpha value is -2.56. The number of benzene rings is 1. The molecule has 20 heavy (non-hydrogen) atoms. The number of rotatable bonds is 3. The average Bonchev–Trinajstić information content (AvgIpc) is 3.07. The van der Waals surface area contributed by atoms with Gasteiger partial charge in [-0.1, -0.05) is 12.1 Å². The summed E-state index contributed by atoms with van der Waals surface area (Å²) in [4.78, 5) is 21.6. The molecule has 3 rings (SSSR count). The van der Waals surface area contributed by atoms with Crippen molar-refractivity contribution < 1.29 is 4.79 Å². The zero-order valence-corrected chi connectivity index (χ0v) is 11.5. The second-order valence-corrected chi connectivity index (χ2v) is 4.86. The molecule has 2 aromatic heterocycles. The van der Waals surface area contributed by atoms with Gasteiger partial charge >= 0.3 is 0 Å². The summed E-state index contributed by atoms with van der Waals surface area (Å²) in [6, 6.07) is 7.69. The van der Waals surface area contributed by atoms with E-state index in [1.54, 1.807) is 18.1 Å². The van der Waals surface area contributed by atoms with Crippen LogP contribution in [0.3, 0.4) is 0 Å². The number of carbonyl (C=O) groups excluding carboxylic acids is 1. The van der Waals surface area contributed by atoms with Crippen LogP contribution in [-0.2, 0) is 13.6 Å². The van der Waals surface area contributed by atoms with Gasteiger partial charge < -0.3 is 14.5 Å². The van der Waals surface area contributed by atoms with E-state index >= 15 is 0 Å². The summed E-state index contributed by atoms with van der Waals surface area (Å²) in [5, 5.41) is 1.04. The molecule has 1 aromatic carbocycles. The topological polar surface area (TPSA) is 53.9 Å². The predicted molar refractivity (Wildman–Crippen MR) is 77.3 cm³/mol. The van der Waals surface area contributed by atoms with Crippen molar-refractivity contribution in [2.24, 2.45) is 7.05 Å². The van der Waals surface area contributed by atoms with Gasteiger partial charge in [0.2, 0.25) is 0 Å². The van der Waals surface area contributed by atoms with E-state index < -0.39 is 0 Å². The maximum atomic E-state index is 12.6. The molecule has 0 aliphatic rings. The molecule has 0 fully saturated rings. The fourth-order valence-corrected chi connectivity index (χ4v) is 2.30. The highest BCUT2D eigenvalue weighted by Gasteiger charge is 2.16. The van der Waals surface area contributed by atoms with Crippen LogP contribution in [0.4, 0.5) is 0 Å². The number of amides is 1. The third-order valence-corrected chi connectivity index (χ3v) is 3.46. The third-order valence-electron chi connectivity index (χ3n) is 3.46. The maximum Gasteiger partial charge on any atom is 0.256 e. The molecule has 0 radical (unpaired) electrons. The molecule has 1 amide bonds. The van der Waals surface area contributed by atoms with Crippen LogP contribution in [0.25, 0.3) is 10.9 Å². The number of nitrogens with one attached hydrogen (secondary N) is 1. The number of carbonyl (C=O) groups is 1. The normalized spacial score (nSPS) is 10.9. The van der Waals surface area contributed by atoms with Gasteiger partial charge in [-0.25, -0.2) is 4.98 Å². The minimum absolute atomic E-state index is 0.0129. The van der Waals surface area contributed by atoms with Gasteiger partial charge in [0, 0.05) is 38.1 Å². The van der Waals surface area contributed by atoms with Crippen molar-refractivity contribution in [2.75, 3.05) is 7.05 Å². The number of nitrogens with zero attached hydrogens (tertiary/aromatic N) is 3. The Kier molecular flexibility index (Phi) is 3.02. The smallest absolute Gasteiger partial charge is 0.256 e. The number of para-hydroxylation sites is 1. The van der Waals surface area contributed by atoms with Crippen molar-refractivity contribution in [3.8, 4) is 0 Å². The van der Waals surface area contributed by atoms with Crippen LogP contribution in [0.2, 0.25) is 0 Å². The fourth-order valence-electron chi connectivity index (χ4n) is 2.30. The number of hydrogen-bond donors (Lipinski definition) is 1. The lowest BCUT2D eigenvalue weighted by Gasteiger charge is -2.17. The molecule has 5 heteroatoms. The van der Waals surface area contributed by atoms with Crippen LogP contribution in [0.5, 0.6) is 0 Å². The Bertz CT molecular complexity index is 756. The van der Waals surface area contributed by atoms with E-state index in [0.29, 0.717) is 12.1 Å². The Morgan fingerprint density at radius 2 is 2.25 bits per heavy atom. The van der Waals surface area contributed by atoms with Gasteiger partial charge in [0.15, 0.2) is 0 Å². The van der Waals surface area contributed by atoms with Crippen LogP contribution in [0, 0.1) is 0 Å². The minimum Gasteiger partial charge on any atom is -0.361 e. The van der Waals surface area contributed by atoms with Crippen molar-refractivity contribution in [3.05, 3.63) is 54.2 Å². The van der Waals surface area contributed by atoms with Gasteiger partial charge in [0.1, 0.15) is 5.82 Å². The number of H-pyrrole nitrogens is 1. The van der Waals surface area contributed by atoms with Crippen molar-refractivity contribution in [3.63, 3.8) is 0 Å². The Morgan fingerprint density at radius 1 is 1.40 bits per heavy atom. The summed E-state index contributed by atoms with van der Waals surface area (Å²) >= 11 is 0. The lowest BCUT2D eigenvalue weighted by Crippen LogP contribution is -2.27. The summed E-state index contributed by atoms with van der Waals surface area (Å²) in [5.41, 5.74) is 1.56. The zero-order chi connectivity index (χ0) is 14.1. The van der Waals surface area contributed by atoms with E-state index in [4.69, 9.17) is 0 Å². The standard InChI is InChI=1S/C15H16N4O/c1-18-9-8-16-13(18)10-19(2)15(20)12-5-3-4-11-6-7-17-14(11)12/h3-9,17H,10H2,1-2H3. The number of aromatic nitrogens is 3. The van der Waals surface area contributed by atoms with Crippen molar-refractivity contribution in [2.45, 2.75) is 6.54 Å². The summed E-state index contributed by atoms with van der Waals surface area (Å²) in [6.45, 7) is 0.486. The van der Waals surface area contributed by atoms with E-state index in [0.717, 1.165) is 16.7 Å². The third kappa shape index (κ3) is 2.07. The minimum atomic E-state index is -0.0129. The highest BCUT2D eigenvalue weighted by Crippen LogP contribution is 2.18. The summed E-state index contributed by atoms with van der Waals surface area (Å²) in [5.74, 6) is 0.848. The number of aromatic amines is 1. The molecule has 0 aliphatic heterocycles. The Balaban J connectivity index is 1.88. The van der Waals surface area contributed by atoms with Gasteiger partial charge in [0.05, 0.1) is 17.6 Å². The second-order valence-electron chi connectivity index (χ2n) is 4.86. The van der Waals surface area contributed by atoms with Gasteiger partial charge in [-0.05, 0) is 12.1 Å². The van der Waals surface area contributed by atoms with Gasteiger partial charge in [0.25, 0.3) is 5.91 Å². The lowest BCUT2D eigenvalue weighted by atomic mass is 10.1. The molecule has 0 aliphatic carbocycles. The Labute approximate surface area is 116 Å². The van der Waals surface area contributed by atoms with E-state index in [9.17, 15) is 4.79 Å².